The minimum Gasteiger partial charge on any atom is -0.241 e. The van der Waals surface area contributed by atoms with Crippen molar-refractivity contribution in [2.24, 2.45) is 0 Å². The molecule has 1 aromatic heterocycles. The number of sulfonamides is 1. The van der Waals surface area contributed by atoms with Gasteiger partial charge in [-0.15, -0.1) is 11.3 Å². The Balaban J connectivity index is 1.65. The van der Waals surface area contributed by atoms with Gasteiger partial charge in [0.1, 0.15) is 0 Å². The van der Waals surface area contributed by atoms with Crippen LogP contribution in [0.4, 0.5) is 0 Å². The number of fused-ring (bicyclic) bond motifs is 1. The smallest absolute Gasteiger partial charge is 0.240 e. The third-order valence-electron chi connectivity index (χ3n) is 3.26. The van der Waals surface area contributed by atoms with E-state index >= 15 is 0 Å². The molecule has 5 nitrogen and oxygen atoms in total. The molecule has 3 aromatic rings. The number of hydrogen-bond donors (Lipinski definition) is 1. The third kappa shape index (κ3) is 3.56. The highest BCUT2D eigenvalue weighted by atomic mass is 32.2. The lowest BCUT2D eigenvalue weighted by Gasteiger charge is -2.05. The standard InChI is InChI=1S/C16H13N3O2S2/c17-11-12-5-7-13(8-6-12)23(20,21)18-10-9-16-19-14-3-1-2-4-15(14)22-16/h1-8,18H,9-10H2. The van der Waals surface area contributed by atoms with E-state index in [-0.39, 0.29) is 11.4 Å². The molecule has 0 amide bonds. The number of thiazole rings is 1. The van der Waals surface area contributed by atoms with Crippen molar-refractivity contribution >= 4 is 31.6 Å². The first-order valence-corrected chi connectivity index (χ1v) is 9.23. The predicted molar refractivity (Wildman–Crippen MR) is 89.7 cm³/mol. The van der Waals surface area contributed by atoms with Crippen LogP contribution in [0.1, 0.15) is 10.6 Å². The maximum atomic E-state index is 12.2. The van der Waals surface area contributed by atoms with Gasteiger partial charge >= 0.3 is 0 Å². The lowest BCUT2D eigenvalue weighted by atomic mass is 10.2. The van der Waals surface area contributed by atoms with Crippen LogP contribution in [-0.2, 0) is 16.4 Å². The van der Waals surface area contributed by atoms with Gasteiger partial charge in [0.05, 0.1) is 31.8 Å². The van der Waals surface area contributed by atoms with Gasteiger partial charge in [0.25, 0.3) is 0 Å². The summed E-state index contributed by atoms with van der Waals surface area (Å²) in [5.41, 5.74) is 1.36. The highest BCUT2D eigenvalue weighted by Gasteiger charge is 2.13. The maximum Gasteiger partial charge on any atom is 0.240 e. The van der Waals surface area contributed by atoms with E-state index in [0.717, 1.165) is 15.2 Å². The van der Waals surface area contributed by atoms with E-state index in [1.54, 1.807) is 11.3 Å². The Kier molecular flexibility index (Phi) is 4.39. The molecule has 3 rings (SSSR count). The van der Waals surface area contributed by atoms with Crippen LogP contribution in [0.25, 0.3) is 10.2 Å². The normalized spacial score (nSPS) is 11.4. The van der Waals surface area contributed by atoms with Crippen molar-refractivity contribution in [2.75, 3.05) is 6.54 Å². The molecule has 0 spiro atoms. The minimum atomic E-state index is -3.57. The molecule has 0 saturated carbocycles. The Morgan fingerprint density at radius 2 is 1.87 bits per heavy atom. The Bertz CT molecular complexity index is 937. The van der Waals surface area contributed by atoms with Crippen molar-refractivity contribution in [3.05, 3.63) is 59.1 Å². The fraction of sp³-hybridized carbons (Fsp3) is 0.125. The second-order valence-electron chi connectivity index (χ2n) is 4.86. The molecule has 2 aromatic carbocycles. The minimum absolute atomic E-state index is 0.154. The molecule has 0 radical (unpaired) electrons. The second kappa shape index (κ2) is 6.46. The van der Waals surface area contributed by atoms with Crippen molar-refractivity contribution in [2.45, 2.75) is 11.3 Å². The summed E-state index contributed by atoms with van der Waals surface area (Å²) in [6.07, 6.45) is 0.537. The van der Waals surface area contributed by atoms with Crippen LogP contribution in [0, 0.1) is 11.3 Å². The van der Waals surface area contributed by atoms with Crippen molar-refractivity contribution in [1.29, 1.82) is 5.26 Å². The SMILES string of the molecule is N#Cc1ccc(S(=O)(=O)NCCc2nc3ccccc3s2)cc1. The third-order valence-corrected chi connectivity index (χ3v) is 5.84. The van der Waals surface area contributed by atoms with Crippen LogP contribution in [0.15, 0.2) is 53.4 Å². The lowest BCUT2D eigenvalue weighted by molar-refractivity contribution is 0.581. The van der Waals surface area contributed by atoms with Crippen LogP contribution in [-0.4, -0.2) is 19.9 Å². The molecule has 1 heterocycles. The first kappa shape index (κ1) is 15.6. The van der Waals surface area contributed by atoms with E-state index in [2.05, 4.69) is 9.71 Å². The van der Waals surface area contributed by atoms with E-state index in [1.807, 2.05) is 30.3 Å². The molecular weight excluding hydrogens is 330 g/mol. The average Bonchev–Trinajstić information content (AvgIpc) is 2.97. The topological polar surface area (TPSA) is 82.8 Å². The van der Waals surface area contributed by atoms with Crippen LogP contribution < -0.4 is 4.72 Å². The van der Waals surface area contributed by atoms with Gasteiger partial charge in [0.2, 0.25) is 10.0 Å². The van der Waals surface area contributed by atoms with Gasteiger partial charge in [-0.1, -0.05) is 12.1 Å². The summed E-state index contributed by atoms with van der Waals surface area (Å²) in [5, 5.41) is 9.63. The molecule has 0 fully saturated rings. The number of nitrogens with zero attached hydrogens (tertiary/aromatic N) is 2. The van der Waals surface area contributed by atoms with Crippen molar-refractivity contribution < 1.29 is 8.42 Å². The first-order chi connectivity index (χ1) is 11.1. The summed E-state index contributed by atoms with van der Waals surface area (Å²) in [6, 6.07) is 15.6. The molecule has 0 aliphatic carbocycles. The Hall–Kier alpha value is -2.27. The molecule has 0 bridgehead atoms. The lowest BCUT2D eigenvalue weighted by Crippen LogP contribution is -2.25. The van der Waals surface area contributed by atoms with Gasteiger partial charge in [-0.25, -0.2) is 18.1 Å². The summed E-state index contributed by atoms with van der Waals surface area (Å²) >= 11 is 1.57. The number of nitriles is 1. The summed E-state index contributed by atoms with van der Waals surface area (Å²) in [4.78, 5) is 4.63. The van der Waals surface area contributed by atoms with E-state index in [9.17, 15) is 8.42 Å². The van der Waals surface area contributed by atoms with E-state index in [1.165, 1.54) is 24.3 Å². The first-order valence-electron chi connectivity index (χ1n) is 6.93. The monoisotopic (exact) mass is 343 g/mol. The quantitative estimate of drug-likeness (QED) is 0.772. The van der Waals surface area contributed by atoms with E-state index in [0.29, 0.717) is 12.0 Å². The van der Waals surface area contributed by atoms with E-state index in [4.69, 9.17) is 5.26 Å². The second-order valence-corrected chi connectivity index (χ2v) is 7.74. The fourth-order valence-corrected chi connectivity index (χ4v) is 4.11. The summed E-state index contributed by atoms with van der Waals surface area (Å²) in [7, 11) is -3.57. The largest absolute Gasteiger partial charge is 0.241 e. The molecule has 1 N–H and O–H groups in total. The number of aromatic nitrogens is 1. The molecule has 116 valence electrons. The number of benzene rings is 2. The average molecular weight is 343 g/mol. The van der Waals surface area contributed by atoms with Gasteiger partial charge in [-0.3, -0.25) is 0 Å². The van der Waals surface area contributed by atoms with Crippen molar-refractivity contribution in [3.63, 3.8) is 0 Å². The predicted octanol–water partition coefficient (Wildman–Crippen LogP) is 2.69. The van der Waals surface area contributed by atoms with Crippen LogP contribution in [0.3, 0.4) is 0 Å². The molecular formula is C16H13N3O2S2. The molecule has 23 heavy (non-hydrogen) atoms. The highest BCUT2D eigenvalue weighted by molar-refractivity contribution is 7.89. The molecule has 0 unspecified atom stereocenters. The molecule has 7 heteroatoms. The van der Waals surface area contributed by atoms with Crippen molar-refractivity contribution in [3.8, 4) is 6.07 Å². The van der Waals surface area contributed by atoms with Gasteiger partial charge in [-0.05, 0) is 36.4 Å². The van der Waals surface area contributed by atoms with Crippen LogP contribution in [0.2, 0.25) is 0 Å². The number of hydrogen-bond acceptors (Lipinski definition) is 5. The molecule has 0 aliphatic rings. The molecule has 0 aliphatic heterocycles. The Morgan fingerprint density at radius 1 is 1.13 bits per heavy atom. The molecule has 0 saturated heterocycles. The van der Waals surface area contributed by atoms with Crippen molar-refractivity contribution in [1.82, 2.24) is 9.71 Å². The van der Waals surface area contributed by atoms with E-state index < -0.39 is 10.0 Å². The van der Waals surface area contributed by atoms with Crippen LogP contribution in [0.5, 0.6) is 0 Å². The summed E-state index contributed by atoms with van der Waals surface area (Å²) in [6.45, 7) is 0.280. The van der Waals surface area contributed by atoms with Gasteiger partial charge in [0, 0.05) is 13.0 Å². The Morgan fingerprint density at radius 3 is 2.57 bits per heavy atom. The maximum absolute atomic E-state index is 12.2. The zero-order chi connectivity index (χ0) is 16.3. The summed E-state index contributed by atoms with van der Waals surface area (Å²) in [5.74, 6) is 0. The number of rotatable bonds is 5. The zero-order valence-corrected chi connectivity index (χ0v) is 13.7. The Labute approximate surface area is 138 Å². The molecule has 0 atom stereocenters. The highest BCUT2D eigenvalue weighted by Crippen LogP contribution is 2.21. The number of nitrogens with one attached hydrogen (secondary N) is 1. The van der Waals surface area contributed by atoms with Gasteiger partial charge in [0.15, 0.2) is 0 Å². The van der Waals surface area contributed by atoms with Gasteiger partial charge in [-0.2, -0.15) is 5.26 Å². The fourth-order valence-electron chi connectivity index (χ4n) is 2.11. The van der Waals surface area contributed by atoms with Crippen LogP contribution >= 0.6 is 11.3 Å². The number of para-hydroxylation sites is 1. The zero-order valence-electron chi connectivity index (χ0n) is 12.1. The summed E-state index contributed by atoms with van der Waals surface area (Å²) < 4.78 is 28.0. The van der Waals surface area contributed by atoms with Gasteiger partial charge < -0.3 is 0 Å².